The molecule has 1 fully saturated rings. The molecule has 1 aromatic heterocycles. The number of aryl methyl sites for hydroxylation is 1. The number of hydrogen-bond donors (Lipinski definition) is 0. The normalized spacial score (nSPS) is 16.0. The van der Waals surface area contributed by atoms with E-state index in [0.717, 1.165) is 22.4 Å². The fourth-order valence-electron chi connectivity index (χ4n) is 3.90. The third-order valence-corrected chi connectivity index (χ3v) is 5.85. The van der Waals surface area contributed by atoms with Crippen molar-refractivity contribution in [2.24, 2.45) is 5.92 Å². The Bertz CT molecular complexity index is 1110. The lowest BCUT2D eigenvalue weighted by molar-refractivity contribution is -0.128. The van der Waals surface area contributed by atoms with Crippen molar-refractivity contribution in [2.45, 2.75) is 33.7 Å². The first kappa shape index (κ1) is 20.8. The fraction of sp³-hybridized carbons (Fsp3) is 0.333. The summed E-state index contributed by atoms with van der Waals surface area (Å²) < 4.78 is 7.18. The molecule has 7 nitrogen and oxygen atoms in total. The number of hydrogen-bond acceptors (Lipinski definition) is 5. The molecule has 0 radical (unpaired) electrons. The summed E-state index contributed by atoms with van der Waals surface area (Å²) in [4.78, 5) is 26.8. The van der Waals surface area contributed by atoms with Gasteiger partial charge in [-0.2, -0.15) is 0 Å². The topological polar surface area (TPSA) is 77.3 Å². The van der Waals surface area contributed by atoms with Gasteiger partial charge in [0.05, 0.1) is 18.0 Å². The number of carbonyl (C=O) groups is 2. The SMILES string of the molecule is Cc1cccc(-n2nnc(C(=O)OCC3CC(=O)N(Cc4ccccc4)C3)c2C)c1C. The molecule has 1 aliphatic rings. The number of rotatable bonds is 6. The minimum absolute atomic E-state index is 0.0190. The van der Waals surface area contributed by atoms with Crippen LogP contribution in [-0.4, -0.2) is 44.9 Å². The standard InChI is InChI=1S/C24H26N4O3/c1-16-8-7-11-21(17(16)2)28-18(3)23(25-26-28)24(30)31-15-20-12-22(29)27(14-20)13-19-9-5-4-6-10-19/h4-11,20H,12-15H2,1-3H3. The Hall–Kier alpha value is -3.48. The first-order chi connectivity index (χ1) is 14.9. The predicted molar refractivity (Wildman–Crippen MR) is 116 cm³/mol. The van der Waals surface area contributed by atoms with Gasteiger partial charge in [-0.15, -0.1) is 5.10 Å². The van der Waals surface area contributed by atoms with Crippen LogP contribution in [0.3, 0.4) is 0 Å². The molecule has 1 amide bonds. The summed E-state index contributed by atoms with van der Waals surface area (Å²) in [5.41, 5.74) is 5.04. The minimum atomic E-state index is -0.511. The second kappa shape index (κ2) is 8.71. The summed E-state index contributed by atoms with van der Waals surface area (Å²) in [7, 11) is 0. The molecule has 0 spiro atoms. The van der Waals surface area contributed by atoms with Crippen molar-refractivity contribution in [3.63, 3.8) is 0 Å². The van der Waals surface area contributed by atoms with E-state index in [1.54, 1.807) is 11.6 Å². The van der Waals surface area contributed by atoms with Crippen molar-refractivity contribution in [1.29, 1.82) is 0 Å². The van der Waals surface area contributed by atoms with Crippen LogP contribution >= 0.6 is 0 Å². The maximum Gasteiger partial charge on any atom is 0.360 e. The van der Waals surface area contributed by atoms with Crippen molar-refractivity contribution in [1.82, 2.24) is 19.9 Å². The zero-order valence-corrected chi connectivity index (χ0v) is 18.0. The Balaban J connectivity index is 1.38. The molecule has 2 aromatic carbocycles. The van der Waals surface area contributed by atoms with Gasteiger partial charge < -0.3 is 9.64 Å². The van der Waals surface area contributed by atoms with Crippen molar-refractivity contribution in [3.8, 4) is 5.69 Å². The number of esters is 1. The van der Waals surface area contributed by atoms with Crippen LogP contribution in [-0.2, 0) is 16.1 Å². The van der Waals surface area contributed by atoms with Crippen molar-refractivity contribution >= 4 is 11.9 Å². The summed E-state index contributed by atoms with van der Waals surface area (Å²) in [5, 5.41) is 8.22. The molecular weight excluding hydrogens is 392 g/mol. The molecule has 0 bridgehead atoms. The van der Waals surface area contributed by atoms with E-state index in [1.165, 1.54) is 0 Å². The largest absolute Gasteiger partial charge is 0.460 e. The minimum Gasteiger partial charge on any atom is -0.460 e. The van der Waals surface area contributed by atoms with Crippen LogP contribution in [0.4, 0.5) is 0 Å². The molecule has 1 atom stereocenters. The lowest BCUT2D eigenvalue weighted by atomic mass is 10.1. The lowest BCUT2D eigenvalue weighted by Gasteiger charge is -2.16. The number of ether oxygens (including phenoxy) is 1. The highest BCUT2D eigenvalue weighted by Crippen LogP contribution is 2.22. The first-order valence-corrected chi connectivity index (χ1v) is 10.4. The van der Waals surface area contributed by atoms with Crippen LogP contribution in [0.1, 0.15) is 39.3 Å². The van der Waals surface area contributed by atoms with Crippen molar-refractivity contribution < 1.29 is 14.3 Å². The number of benzene rings is 2. The molecular formula is C24H26N4O3. The summed E-state index contributed by atoms with van der Waals surface area (Å²) in [6, 6.07) is 15.8. The average Bonchev–Trinajstić information content (AvgIpc) is 3.31. The van der Waals surface area contributed by atoms with E-state index in [0.29, 0.717) is 25.2 Å². The van der Waals surface area contributed by atoms with E-state index in [-0.39, 0.29) is 24.1 Å². The van der Waals surface area contributed by atoms with Crippen LogP contribution in [0.2, 0.25) is 0 Å². The molecule has 160 valence electrons. The number of nitrogens with zero attached hydrogens (tertiary/aromatic N) is 4. The molecule has 1 aliphatic heterocycles. The van der Waals surface area contributed by atoms with Gasteiger partial charge in [0.15, 0.2) is 5.69 Å². The maximum absolute atomic E-state index is 12.6. The van der Waals surface area contributed by atoms with Crippen molar-refractivity contribution in [3.05, 3.63) is 76.6 Å². The smallest absolute Gasteiger partial charge is 0.360 e. The van der Waals surface area contributed by atoms with E-state index < -0.39 is 5.97 Å². The van der Waals surface area contributed by atoms with E-state index in [1.807, 2.05) is 67.3 Å². The summed E-state index contributed by atoms with van der Waals surface area (Å²) >= 11 is 0. The molecule has 0 aliphatic carbocycles. The molecule has 3 aromatic rings. The van der Waals surface area contributed by atoms with E-state index in [2.05, 4.69) is 10.3 Å². The second-order valence-corrected chi connectivity index (χ2v) is 8.08. The molecule has 1 saturated heterocycles. The summed E-state index contributed by atoms with van der Waals surface area (Å²) in [5.74, 6) is -0.445. The van der Waals surface area contributed by atoms with E-state index >= 15 is 0 Å². The number of carbonyl (C=O) groups excluding carboxylic acids is 2. The Labute approximate surface area is 181 Å². The highest BCUT2D eigenvalue weighted by molar-refractivity contribution is 5.88. The van der Waals surface area contributed by atoms with Crippen LogP contribution in [0, 0.1) is 26.7 Å². The Morgan fingerprint density at radius 1 is 1.10 bits per heavy atom. The van der Waals surface area contributed by atoms with E-state index in [4.69, 9.17) is 4.74 Å². The third kappa shape index (κ3) is 4.35. The van der Waals surface area contributed by atoms with Crippen LogP contribution in [0.5, 0.6) is 0 Å². The Kier molecular flexibility index (Phi) is 5.84. The van der Waals surface area contributed by atoms with Crippen LogP contribution < -0.4 is 0 Å². The first-order valence-electron chi connectivity index (χ1n) is 10.4. The zero-order chi connectivity index (χ0) is 22.0. The van der Waals surface area contributed by atoms with Gasteiger partial charge in [-0.3, -0.25) is 4.79 Å². The van der Waals surface area contributed by atoms with Gasteiger partial charge in [0.25, 0.3) is 0 Å². The number of amides is 1. The highest BCUT2D eigenvalue weighted by atomic mass is 16.5. The number of likely N-dealkylation sites (tertiary alicyclic amines) is 1. The quantitative estimate of drug-likeness (QED) is 0.574. The van der Waals surface area contributed by atoms with Gasteiger partial charge >= 0.3 is 5.97 Å². The van der Waals surface area contributed by atoms with Gasteiger partial charge in [-0.05, 0) is 43.5 Å². The molecule has 0 saturated carbocycles. The van der Waals surface area contributed by atoms with E-state index in [9.17, 15) is 9.59 Å². The second-order valence-electron chi connectivity index (χ2n) is 8.08. The molecule has 7 heteroatoms. The van der Waals surface area contributed by atoms with Gasteiger partial charge in [0.1, 0.15) is 0 Å². The maximum atomic E-state index is 12.6. The predicted octanol–water partition coefficient (Wildman–Crippen LogP) is 3.40. The van der Waals surface area contributed by atoms with Gasteiger partial charge in [0.2, 0.25) is 5.91 Å². The molecule has 0 N–H and O–H groups in total. The molecule has 1 unspecified atom stereocenters. The number of aromatic nitrogens is 3. The molecule has 4 rings (SSSR count). The third-order valence-electron chi connectivity index (χ3n) is 5.85. The van der Waals surface area contributed by atoms with Gasteiger partial charge in [-0.25, -0.2) is 9.48 Å². The lowest BCUT2D eigenvalue weighted by Crippen LogP contribution is -2.25. The molecule has 31 heavy (non-hydrogen) atoms. The monoisotopic (exact) mass is 418 g/mol. The Morgan fingerprint density at radius 3 is 2.65 bits per heavy atom. The van der Waals surface area contributed by atoms with Gasteiger partial charge in [0, 0.05) is 25.4 Å². The highest BCUT2D eigenvalue weighted by Gasteiger charge is 2.31. The summed E-state index contributed by atoms with van der Waals surface area (Å²) in [6.07, 6.45) is 0.383. The van der Waals surface area contributed by atoms with Crippen LogP contribution in [0.25, 0.3) is 5.69 Å². The van der Waals surface area contributed by atoms with Gasteiger partial charge in [-0.1, -0.05) is 47.7 Å². The average molecular weight is 418 g/mol. The zero-order valence-electron chi connectivity index (χ0n) is 18.0. The van der Waals surface area contributed by atoms with Crippen molar-refractivity contribution in [2.75, 3.05) is 13.2 Å². The fourth-order valence-corrected chi connectivity index (χ4v) is 3.90. The summed E-state index contributed by atoms with van der Waals surface area (Å²) in [6.45, 7) is 7.19. The Morgan fingerprint density at radius 2 is 1.87 bits per heavy atom. The van der Waals surface area contributed by atoms with Crippen LogP contribution in [0.15, 0.2) is 48.5 Å². The molecule has 2 heterocycles.